The van der Waals surface area contributed by atoms with Crippen molar-refractivity contribution >= 4 is 23.1 Å². The summed E-state index contributed by atoms with van der Waals surface area (Å²) in [6.07, 6.45) is 6.34. The molecular formula is C24H29N3O3. The lowest BCUT2D eigenvalue weighted by molar-refractivity contribution is -0.137. The molecule has 0 unspecified atom stereocenters. The van der Waals surface area contributed by atoms with Crippen LogP contribution in [0, 0.1) is 6.92 Å². The number of ether oxygens (including phenoxy) is 2. The lowest BCUT2D eigenvalue weighted by Gasteiger charge is -2.06. The Hall–Kier alpha value is -2.99. The summed E-state index contributed by atoms with van der Waals surface area (Å²) in [4.78, 5) is 11.5. The lowest BCUT2D eigenvalue weighted by Crippen LogP contribution is -2.02. The zero-order valence-electron chi connectivity index (χ0n) is 17.7. The molecule has 1 aromatic heterocycles. The smallest absolute Gasteiger partial charge is 0.330 e. The number of benzene rings is 2. The maximum absolute atomic E-state index is 11.5. The van der Waals surface area contributed by atoms with Crippen molar-refractivity contribution in [3.8, 4) is 0 Å². The minimum absolute atomic E-state index is 0.339. The van der Waals surface area contributed by atoms with Crippen molar-refractivity contribution in [2.75, 3.05) is 13.2 Å². The highest BCUT2D eigenvalue weighted by Gasteiger charge is 2.09. The number of hydrogen-bond donors (Lipinski definition) is 0. The maximum Gasteiger partial charge on any atom is 0.330 e. The summed E-state index contributed by atoms with van der Waals surface area (Å²) < 4.78 is 12.6. The number of rotatable bonds is 11. The molecule has 0 amide bonds. The van der Waals surface area contributed by atoms with Crippen molar-refractivity contribution in [3.63, 3.8) is 0 Å². The van der Waals surface area contributed by atoms with Gasteiger partial charge >= 0.3 is 5.97 Å². The number of nitrogens with zero attached hydrogens (tertiary/aromatic N) is 3. The number of esters is 1. The SMILES string of the molecule is CCOC(=O)/C=C/c1ccc2c(nnn2CCCCCOCc2ccccc2)c1C. The van der Waals surface area contributed by atoms with E-state index in [1.807, 2.05) is 41.9 Å². The van der Waals surface area contributed by atoms with Gasteiger partial charge in [0.15, 0.2) is 0 Å². The Bertz CT molecular complexity index is 980. The first-order valence-electron chi connectivity index (χ1n) is 10.5. The minimum Gasteiger partial charge on any atom is -0.463 e. The topological polar surface area (TPSA) is 66.2 Å². The predicted molar refractivity (Wildman–Crippen MR) is 118 cm³/mol. The molecule has 0 aliphatic rings. The molecule has 0 radical (unpaired) electrons. The molecular weight excluding hydrogens is 378 g/mol. The first-order valence-corrected chi connectivity index (χ1v) is 10.5. The highest BCUT2D eigenvalue weighted by Crippen LogP contribution is 2.21. The first kappa shape index (κ1) is 21.7. The van der Waals surface area contributed by atoms with Gasteiger partial charge in [0.1, 0.15) is 5.52 Å². The fourth-order valence-electron chi connectivity index (χ4n) is 3.28. The molecule has 0 bridgehead atoms. The standard InChI is InChI=1S/C24H29N3O3/c1-3-30-23(28)15-13-21-12-14-22-24(19(21)2)25-26-27(22)16-8-5-9-17-29-18-20-10-6-4-7-11-20/h4,6-7,10-15H,3,5,8-9,16-18H2,1-2H3/b15-13+. The van der Waals surface area contributed by atoms with Crippen molar-refractivity contribution in [3.05, 3.63) is 65.2 Å². The second kappa shape index (κ2) is 11.3. The molecule has 0 fully saturated rings. The van der Waals surface area contributed by atoms with Gasteiger partial charge in [0.25, 0.3) is 0 Å². The molecule has 6 heteroatoms. The van der Waals surface area contributed by atoms with Crippen LogP contribution in [0.5, 0.6) is 0 Å². The van der Waals surface area contributed by atoms with Gasteiger partial charge in [-0.1, -0.05) is 41.6 Å². The van der Waals surface area contributed by atoms with E-state index in [2.05, 4.69) is 22.4 Å². The van der Waals surface area contributed by atoms with Crippen LogP contribution in [-0.4, -0.2) is 34.2 Å². The zero-order valence-corrected chi connectivity index (χ0v) is 17.7. The number of hydrogen-bond acceptors (Lipinski definition) is 5. The summed E-state index contributed by atoms with van der Waals surface area (Å²) in [6, 6.07) is 14.2. The van der Waals surface area contributed by atoms with Gasteiger partial charge in [0.2, 0.25) is 0 Å². The summed E-state index contributed by atoms with van der Waals surface area (Å²) in [7, 11) is 0. The normalized spacial score (nSPS) is 11.4. The molecule has 0 N–H and O–H groups in total. The number of aryl methyl sites for hydroxylation is 2. The molecule has 30 heavy (non-hydrogen) atoms. The lowest BCUT2D eigenvalue weighted by atomic mass is 10.1. The summed E-state index contributed by atoms with van der Waals surface area (Å²) in [5.74, 6) is -0.339. The molecule has 2 aromatic carbocycles. The average molecular weight is 408 g/mol. The summed E-state index contributed by atoms with van der Waals surface area (Å²) in [5.41, 5.74) is 5.04. The number of fused-ring (bicyclic) bond motifs is 1. The molecule has 0 atom stereocenters. The maximum atomic E-state index is 11.5. The Balaban J connectivity index is 1.46. The number of carbonyl (C=O) groups is 1. The third-order valence-corrected chi connectivity index (χ3v) is 4.94. The predicted octanol–water partition coefficient (Wildman–Crippen LogP) is 4.70. The van der Waals surface area contributed by atoms with Crippen LogP contribution in [0.15, 0.2) is 48.5 Å². The van der Waals surface area contributed by atoms with Gasteiger partial charge in [0.05, 0.1) is 18.7 Å². The molecule has 0 saturated carbocycles. The monoisotopic (exact) mass is 407 g/mol. The van der Waals surface area contributed by atoms with Gasteiger partial charge in [-0.25, -0.2) is 9.48 Å². The van der Waals surface area contributed by atoms with Crippen molar-refractivity contribution < 1.29 is 14.3 Å². The van der Waals surface area contributed by atoms with Crippen LogP contribution >= 0.6 is 0 Å². The molecule has 158 valence electrons. The van der Waals surface area contributed by atoms with Gasteiger partial charge in [-0.2, -0.15) is 0 Å². The number of carbonyl (C=O) groups excluding carboxylic acids is 1. The highest BCUT2D eigenvalue weighted by molar-refractivity contribution is 5.89. The van der Waals surface area contributed by atoms with E-state index < -0.39 is 0 Å². The van der Waals surface area contributed by atoms with Crippen LogP contribution in [0.4, 0.5) is 0 Å². The number of aromatic nitrogens is 3. The Morgan fingerprint density at radius 2 is 1.93 bits per heavy atom. The van der Waals surface area contributed by atoms with E-state index in [-0.39, 0.29) is 5.97 Å². The number of unbranched alkanes of at least 4 members (excludes halogenated alkanes) is 2. The Morgan fingerprint density at radius 1 is 1.10 bits per heavy atom. The van der Waals surface area contributed by atoms with Crippen LogP contribution in [0.3, 0.4) is 0 Å². The van der Waals surface area contributed by atoms with E-state index >= 15 is 0 Å². The molecule has 3 rings (SSSR count). The fourth-order valence-corrected chi connectivity index (χ4v) is 3.28. The van der Waals surface area contributed by atoms with Gasteiger partial charge in [-0.3, -0.25) is 0 Å². The highest BCUT2D eigenvalue weighted by atomic mass is 16.5. The van der Waals surface area contributed by atoms with Gasteiger partial charge < -0.3 is 9.47 Å². The molecule has 6 nitrogen and oxygen atoms in total. The third-order valence-electron chi connectivity index (χ3n) is 4.94. The fraction of sp³-hybridized carbons (Fsp3) is 0.375. The summed E-state index contributed by atoms with van der Waals surface area (Å²) >= 11 is 0. The van der Waals surface area contributed by atoms with Gasteiger partial charge in [-0.05, 0) is 61.9 Å². The van der Waals surface area contributed by atoms with E-state index in [0.717, 1.165) is 54.6 Å². The van der Waals surface area contributed by atoms with Crippen LogP contribution < -0.4 is 0 Å². The van der Waals surface area contributed by atoms with Crippen molar-refractivity contribution in [2.24, 2.45) is 0 Å². The van der Waals surface area contributed by atoms with E-state index in [9.17, 15) is 4.79 Å². The molecule has 0 spiro atoms. The van der Waals surface area contributed by atoms with E-state index in [4.69, 9.17) is 9.47 Å². The summed E-state index contributed by atoms with van der Waals surface area (Å²) in [6.45, 7) is 6.42. The van der Waals surface area contributed by atoms with Crippen LogP contribution in [0.25, 0.3) is 17.1 Å². The molecule has 3 aromatic rings. The third kappa shape index (κ3) is 6.00. The largest absolute Gasteiger partial charge is 0.463 e. The molecule has 0 aliphatic carbocycles. The van der Waals surface area contributed by atoms with E-state index in [1.165, 1.54) is 11.6 Å². The van der Waals surface area contributed by atoms with Crippen molar-refractivity contribution in [2.45, 2.75) is 46.3 Å². The zero-order chi connectivity index (χ0) is 21.2. The Kier molecular flexibility index (Phi) is 8.15. The van der Waals surface area contributed by atoms with E-state index in [0.29, 0.717) is 13.2 Å². The average Bonchev–Trinajstić information content (AvgIpc) is 3.17. The van der Waals surface area contributed by atoms with Crippen molar-refractivity contribution in [1.29, 1.82) is 0 Å². The Labute approximate surface area is 177 Å². The first-order chi connectivity index (χ1) is 14.7. The van der Waals surface area contributed by atoms with Crippen molar-refractivity contribution in [1.82, 2.24) is 15.0 Å². The minimum atomic E-state index is -0.339. The summed E-state index contributed by atoms with van der Waals surface area (Å²) in [5, 5.41) is 8.66. The Morgan fingerprint density at radius 3 is 2.73 bits per heavy atom. The quantitative estimate of drug-likeness (QED) is 0.262. The van der Waals surface area contributed by atoms with Crippen LogP contribution in [-0.2, 0) is 27.4 Å². The second-order valence-electron chi connectivity index (χ2n) is 7.14. The second-order valence-corrected chi connectivity index (χ2v) is 7.14. The molecule has 1 heterocycles. The van der Waals surface area contributed by atoms with E-state index in [1.54, 1.807) is 13.0 Å². The molecule has 0 saturated heterocycles. The van der Waals surface area contributed by atoms with Crippen LogP contribution in [0.2, 0.25) is 0 Å². The van der Waals surface area contributed by atoms with Gasteiger partial charge in [-0.15, -0.1) is 5.10 Å². The van der Waals surface area contributed by atoms with Gasteiger partial charge in [0, 0.05) is 19.2 Å². The van der Waals surface area contributed by atoms with Crippen LogP contribution in [0.1, 0.15) is 42.9 Å². The molecule has 0 aliphatic heterocycles.